The molecule has 1 aliphatic rings. The van der Waals surface area contributed by atoms with Crippen LogP contribution in [0.15, 0.2) is 53.4 Å². The van der Waals surface area contributed by atoms with Crippen LogP contribution in [0.5, 0.6) is 5.75 Å². The third kappa shape index (κ3) is 3.21. The number of carbonyl (C=O) groups excluding carboxylic acids is 1. The molecule has 126 valence electrons. The van der Waals surface area contributed by atoms with Crippen LogP contribution in [0.25, 0.3) is 0 Å². The first-order valence-electron chi connectivity index (χ1n) is 7.51. The van der Waals surface area contributed by atoms with E-state index in [4.69, 9.17) is 4.18 Å². The second kappa shape index (κ2) is 6.16. The Balaban J connectivity index is 1.77. The Morgan fingerprint density at radius 1 is 0.958 bits per heavy atom. The molecule has 0 radical (unpaired) electrons. The van der Waals surface area contributed by atoms with Crippen LogP contribution in [-0.4, -0.2) is 39.5 Å². The standard InChI is InChI=1S/C17H18N2O4S/c1-13-3-9-16(10-4-13)24(21,22)23-15-7-5-14(6-8-15)19-12-11-18(2)17(19)20/h3-10H,11-12H2,1-2H3. The van der Waals surface area contributed by atoms with Crippen LogP contribution < -0.4 is 9.08 Å². The Morgan fingerprint density at radius 3 is 2.12 bits per heavy atom. The molecule has 0 N–H and O–H groups in total. The van der Waals surface area contributed by atoms with Gasteiger partial charge in [0.2, 0.25) is 0 Å². The molecule has 2 aromatic carbocycles. The Bertz CT molecular complexity index is 845. The van der Waals surface area contributed by atoms with Crippen LogP contribution in [0, 0.1) is 6.92 Å². The van der Waals surface area contributed by atoms with Gasteiger partial charge >= 0.3 is 16.1 Å². The lowest BCUT2D eigenvalue weighted by atomic mass is 10.2. The van der Waals surface area contributed by atoms with Crippen molar-refractivity contribution in [1.82, 2.24) is 4.90 Å². The Morgan fingerprint density at radius 2 is 1.58 bits per heavy atom. The van der Waals surface area contributed by atoms with E-state index in [2.05, 4.69) is 0 Å². The Labute approximate surface area is 141 Å². The molecule has 24 heavy (non-hydrogen) atoms. The lowest BCUT2D eigenvalue weighted by molar-refractivity contribution is 0.229. The first kappa shape index (κ1) is 16.3. The summed E-state index contributed by atoms with van der Waals surface area (Å²) >= 11 is 0. The summed E-state index contributed by atoms with van der Waals surface area (Å²) in [5.41, 5.74) is 1.68. The Kier molecular flexibility index (Phi) is 4.19. The van der Waals surface area contributed by atoms with Crippen molar-refractivity contribution in [3.63, 3.8) is 0 Å². The van der Waals surface area contributed by atoms with Crippen molar-refractivity contribution in [3.05, 3.63) is 54.1 Å². The fourth-order valence-electron chi connectivity index (χ4n) is 2.45. The third-order valence-corrected chi connectivity index (χ3v) is 5.14. The maximum absolute atomic E-state index is 12.3. The molecule has 3 rings (SSSR count). The second-order valence-electron chi connectivity index (χ2n) is 5.70. The molecule has 1 saturated heterocycles. The van der Waals surface area contributed by atoms with E-state index in [0.717, 1.165) is 5.56 Å². The minimum Gasteiger partial charge on any atom is -0.379 e. The minimum absolute atomic E-state index is 0.0732. The number of hydrogen-bond acceptors (Lipinski definition) is 4. The van der Waals surface area contributed by atoms with E-state index in [1.165, 1.54) is 12.1 Å². The summed E-state index contributed by atoms with van der Waals surface area (Å²) in [6.07, 6.45) is 0. The van der Waals surface area contributed by atoms with E-state index in [0.29, 0.717) is 18.8 Å². The quantitative estimate of drug-likeness (QED) is 0.798. The van der Waals surface area contributed by atoms with E-state index in [1.807, 2.05) is 6.92 Å². The van der Waals surface area contributed by atoms with Crippen molar-refractivity contribution in [2.45, 2.75) is 11.8 Å². The van der Waals surface area contributed by atoms with E-state index in [9.17, 15) is 13.2 Å². The molecule has 2 amide bonds. The zero-order chi connectivity index (χ0) is 17.3. The Hall–Kier alpha value is -2.54. The zero-order valence-electron chi connectivity index (χ0n) is 13.5. The fourth-order valence-corrected chi connectivity index (χ4v) is 3.38. The van der Waals surface area contributed by atoms with E-state index >= 15 is 0 Å². The number of amides is 2. The van der Waals surface area contributed by atoms with Gasteiger partial charge in [0.25, 0.3) is 0 Å². The number of benzene rings is 2. The van der Waals surface area contributed by atoms with Crippen molar-refractivity contribution < 1.29 is 17.4 Å². The predicted octanol–water partition coefficient (Wildman–Crippen LogP) is 2.63. The zero-order valence-corrected chi connectivity index (χ0v) is 14.3. The molecular formula is C17H18N2O4S. The van der Waals surface area contributed by atoms with Crippen LogP contribution in [-0.2, 0) is 10.1 Å². The summed E-state index contributed by atoms with van der Waals surface area (Å²) in [7, 11) is -2.13. The molecule has 0 saturated carbocycles. The normalized spacial score (nSPS) is 15.0. The van der Waals surface area contributed by atoms with Gasteiger partial charge in [0, 0.05) is 25.8 Å². The van der Waals surface area contributed by atoms with Crippen molar-refractivity contribution in [2.24, 2.45) is 0 Å². The van der Waals surface area contributed by atoms with Gasteiger partial charge in [-0.3, -0.25) is 4.90 Å². The van der Waals surface area contributed by atoms with Gasteiger partial charge in [0.05, 0.1) is 0 Å². The summed E-state index contributed by atoms with van der Waals surface area (Å²) in [4.78, 5) is 15.3. The van der Waals surface area contributed by atoms with Gasteiger partial charge in [-0.15, -0.1) is 0 Å². The van der Waals surface area contributed by atoms with Crippen LogP contribution in [0.2, 0.25) is 0 Å². The maximum atomic E-state index is 12.3. The SMILES string of the molecule is Cc1ccc(S(=O)(=O)Oc2ccc(N3CCN(C)C3=O)cc2)cc1. The summed E-state index contributed by atoms with van der Waals surface area (Å²) < 4.78 is 29.7. The first-order valence-corrected chi connectivity index (χ1v) is 8.91. The molecule has 0 aliphatic carbocycles. The molecule has 1 heterocycles. The number of nitrogens with zero attached hydrogens (tertiary/aromatic N) is 2. The lowest BCUT2D eigenvalue weighted by Gasteiger charge is -2.16. The number of aryl methyl sites for hydroxylation is 1. The molecule has 1 fully saturated rings. The van der Waals surface area contributed by atoms with Crippen molar-refractivity contribution in [1.29, 1.82) is 0 Å². The molecule has 0 atom stereocenters. The largest absolute Gasteiger partial charge is 0.379 e. The number of anilines is 1. The van der Waals surface area contributed by atoms with Gasteiger partial charge < -0.3 is 9.08 Å². The summed E-state index contributed by atoms with van der Waals surface area (Å²) in [6.45, 7) is 3.16. The number of hydrogen-bond donors (Lipinski definition) is 0. The average molecular weight is 346 g/mol. The highest BCUT2D eigenvalue weighted by Crippen LogP contribution is 2.25. The van der Waals surface area contributed by atoms with Crippen LogP contribution in [0.3, 0.4) is 0 Å². The topological polar surface area (TPSA) is 66.9 Å². The van der Waals surface area contributed by atoms with E-state index < -0.39 is 10.1 Å². The monoisotopic (exact) mass is 346 g/mol. The van der Waals surface area contributed by atoms with Gasteiger partial charge in [-0.1, -0.05) is 17.7 Å². The van der Waals surface area contributed by atoms with E-state index in [1.54, 1.807) is 53.2 Å². The van der Waals surface area contributed by atoms with Crippen molar-refractivity contribution in [3.8, 4) is 5.75 Å². The molecule has 0 bridgehead atoms. The highest BCUT2D eigenvalue weighted by molar-refractivity contribution is 7.87. The summed E-state index contributed by atoms with van der Waals surface area (Å²) in [6, 6.07) is 12.8. The van der Waals surface area contributed by atoms with Crippen LogP contribution in [0.1, 0.15) is 5.56 Å². The maximum Gasteiger partial charge on any atom is 0.339 e. The molecule has 0 unspecified atom stereocenters. The predicted molar refractivity (Wildman–Crippen MR) is 90.8 cm³/mol. The smallest absolute Gasteiger partial charge is 0.339 e. The third-order valence-electron chi connectivity index (χ3n) is 3.88. The van der Waals surface area contributed by atoms with Crippen LogP contribution >= 0.6 is 0 Å². The van der Waals surface area contributed by atoms with Gasteiger partial charge in [0.1, 0.15) is 10.6 Å². The molecule has 0 spiro atoms. The fraction of sp³-hybridized carbons (Fsp3) is 0.235. The van der Waals surface area contributed by atoms with Crippen molar-refractivity contribution in [2.75, 3.05) is 25.0 Å². The first-order chi connectivity index (χ1) is 11.4. The van der Waals surface area contributed by atoms with E-state index in [-0.39, 0.29) is 16.7 Å². The molecule has 1 aliphatic heterocycles. The number of urea groups is 1. The molecule has 2 aromatic rings. The number of likely N-dealkylation sites (N-methyl/N-ethyl adjacent to an activating group) is 1. The second-order valence-corrected chi connectivity index (χ2v) is 7.25. The highest BCUT2D eigenvalue weighted by Gasteiger charge is 2.26. The summed E-state index contributed by atoms with van der Waals surface area (Å²) in [5, 5.41) is 0. The highest BCUT2D eigenvalue weighted by atomic mass is 32.2. The number of carbonyl (C=O) groups is 1. The molecule has 6 nitrogen and oxygen atoms in total. The average Bonchev–Trinajstić information content (AvgIpc) is 2.88. The van der Waals surface area contributed by atoms with Gasteiger partial charge in [-0.05, 0) is 43.3 Å². The van der Waals surface area contributed by atoms with Crippen molar-refractivity contribution >= 4 is 21.8 Å². The molecule has 7 heteroatoms. The minimum atomic E-state index is -3.87. The van der Waals surface area contributed by atoms with Gasteiger partial charge in [0.15, 0.2) is 0 Å². The number of rotatable bonds is 4. The van der Waals surface area contributed by atoms with Crippen LogP contribution in [0.4, 0.5) is 10.5 Å². The molecular weight excluding hydrogens is 328 g/mol. The van der Waals surface area contributed by atoms with Gasteiger partial charge in [-0.25, -0.2) is 4.79 Å². The molecule has 0 aromatic heterocycles. The summed E-state index contributed by atoms with van der Waals surface area (Å²) in [5.74, 6) is 0.208. The lowest BCUT2D eigenvalue weighted by Crippen LogP contribution is -2.29. The van der Waals surface area contributed by atoms with Gasteiger partial charge in [-0.2, -0.15) is 8.42 Å².